The molecule has 1 heterocycles. The van der Waals surface area contributed by atoms with Crippen LogP contribution < -0.4 is 0 Å². The molecule has 1 saturated carbocycles. The average molecular weight is 262 g/mol. The average Bonchev–Trinajstić information content (AvgIpc) is 3.19. The SMILES string of the molecule is Clc1nc2ccccc2cc1COCCC1CC1. The molecule has 1 fully saturated rings. The first-order chi connectivity index (χ1) is 8.83. The lowest BCUT2D eigenvalue weighted by Crippen LogP contribution is -1.98. The normalized spacial score (nSPS) is 15.2. The van der Waals surface area contributed by atoms with Crippen molar-refractivity contribution in [1.29, 1.82) is 0 Å². The number of rotatable bonds is 5. The molecular weight excluding hydrogens is 246 g/mol. The predicted octanol–water partition coefficient (Wildman–Crippen LogP) is 4.20. The predicted molar refractivity (Wildman–Crippen MR) is 73.8 cm³/mol. The number of benzene rings is 1. The smallest absolute Gasteiger partial charge is 0.135 e. The molecule has 1 aliphatic carbocycles. The molecular formula is C15H16ClNO. The van der Waals surface area contributed by atoms with Gasteiger partial charge in [0, 0.05) is 17.6 Å². The lowest BCUT2D eigenvalue weighted by atomic mass is 10.2. The highest BCUT2D eigenvalue weighted by Crippen LogP contribution is 2.32. The second-order valence-electron chi connectivity index (χ2n) is 4.92. The van der Waals surface area contributed by atoms with Crippen LogP contribution in [0.15, 0.2) is 30.3 Å². The minimum atomic E-state index is 0.556. The van der Waals surface area contributed by atoms with E-state index in [2.05, 4.69) is 11.1 Å². The Hall–Kier alpha value is -1.12. The number of ether oxygens (including phenoxy) is 1. The van der Waals surface area contributed by atoms with Gasteiger partial charge >= 0.3 is 0 Å². The first-order valence-electron chi connectivity index (χ1n) is 6.45. The summed E-state index contributed by atoms with van der Waals surface area (Å²) >= 11 is 6.17. The number of halogens is 1. The third kappa shape index (κ3) is 2.82. The second-order valence-corrected chi connectivity index (χ2v) is 5.27. The van der Waals surface area contributed by atoms with Crippen LogP contribution >= 0.6 is 11.6 Å². The van der Waals surface area contributed by atoms with Crippen LogP contribution in [0.25, 0.3) is 10.9 Å². The molecule has 18 heavy (non-hydrogen) atoms. The molecule has 1 aromatic carbocycles. The van der Waals surface area contributed by atoms with Crippen LogP contribution in [0.1, 0.15) is 24.8 Å². The van der Waals surface area contributed by atoms with Crippen LogP contribution in [-0.4, -0.2) is 11.6 Å². The fourth-order valence-electron chi connectivity index (χ4n) is 2.08. The summed E-state index contributed by atoms with van der Waals surface area (Å²) in [6.07, 6.45) is 3.93. The van der Waals surface area contributed by atoms with Crippen molar-refractivity contribution in [3.05, 3.63) is 41.0 Å². The maximum Gasteiger partial charge on any atom is 0.135 e. The molecule has 2 aromatic rings. The lowest BCUT2D eigenvalue weighted by Gasteiger charge is -2.07. The summed E-state index contributed by atoms with van der Waals surface area (Å²) in [5, 5.41) is 1.67. The van der Waals surface area contributed by atoms with Gasteiger partial charge in [0.05, 0.1) is 12.1 Å². The Bertz CT molecular complexity index is 551. The first-order valence-corrected chi connectivity index (χ1v) is 6.82. The summed E-state index contributed by atoms with van der Waals surface area (Å²) in [5.41, 5.74) is 1.91. The number of hydrogen-bond donors (Lipinski definition) is 0. The molecule has 0 N–H and O–H groups in total. The summed E-state index contributed by atoms with van der Waals surface area (Å²) in [6, 6.07) is 10.1. The van der Waals surface area contributed by atoms with Crippen LogP contribution in [-0.2, 0) is 11.3 Å². The minimum Gasteiger partial charge on any atom is -0.377 e. The van der Waals surface area contributed by atoms with E-state index < -0.39 is 0 Å². The van der Waals surface area contributed by atoms with Crippen molar-refractivity contribution < 1.29 is 4.74 Å². The molecule has 3 heteroatoms. The lowest BCUT2D eigenvalue weighted by molar-refractivity contribution is 0.115. The van der Waals surface area contributed by atoms with Crippen molar-refractivity contribution >= 4 is 22.5 Å². The van der Waals surface area contributed by atoms with E-state index in [4.69, 9.17) is 16.3 Å². The standard InChI is InChI=1S/C15H16ClNO/c16-15-13(10-18-8-7-11-5-6-11)9-12-3-1-2-4-14(12)17-15/h1-4,9,11H,5-8,10H2. The molecule has 0 radical (unpaired) electrons. The van der Waals surface area contributed by atoms with E-state index in [1.807, 2.05) is 24.3 Å². The minimum absolute atomic E-state index is 0.556. The summed E-state index contributed by atoms with van der Waals surface area (Å²) < 4.78 is 5.68. The van der Waals surface area contributed by atoms with Gasteiger partial charge in [-0.05, 0) is 24.5 Å². The number of nitrogens with zero attached hydrogens (tertiary/aromatic N) is 1. The van der Waals surface area contributed by atoms with Gasteiger partial charge in [0.25, 0.3) is 0 Å². The Labute approximate surface area is 112 Å². The van der Waals surface area contributed by atoms with Crippen molar-refractivity contribution in [2.24, 2.45) is 5.92 Å². The van der Waals surface area contributed by atoms with E-state index in [-0.39, 0.29) is 0 Å². The van der Waals surface area contributed by atoms with E-state index in [0.29, 0.717) is 11.8 Å². The van der Waals surface area contributed by atoms with Crippen LogP contribution in [0.3, 0.4) is 0 Å². The van der Waals surface area contributed by atoms with Crippen molar-refractivity contribution in [3.8, 4) is 0 Å². The molecule has 0 unspecified atom stereocenters. The van der Waals surface area contributed by atoms with Crippen molar-refractivity contribution in [1.82, 2.24) is 4.98 Å². The van der Waals surface area contributed by atoms with Gasteiger partial charge in [-0.25, -0.2) is 4.98 Å². The highest BCUT2D eigenvalue weighted by Gasteiger charge is 2.20. The van der Waals surface area contributed by atoms with Gasteiger partial charge in [0.15, 0.2) is 0 Å². The third-order valence-corrected chi connectivity index (χ3v) is 3.70. The third-order valence-electron chi connectivity index (χ3n) is 3.37. The molecule has 1 aliphatic rings. The molecule has 0 spiro atoms. The summed E-state index contributed by atoms with van der Waals surface area (Å²) in [6.45, 7) is 1.39. The zero-order chi connectivity index (χ0) is 12.4. The Morgan fingerprint density at radius 3 is 2.94 bits per heavy atom. The molecule has 3 rings (SSSR count). The highest BCUT2D eigenvalue weighted by molar-refractivity contribution is 6.30. The van der Waals surface area contributed by atoms with Gasteiger partial charge < -0.3 is 4.74 Å². The van der Waals surface area contributed by atoms with E-state index in [1.54, 1.807) is 0 Å². The van der Waals surface area contributed by atoms with E-state index in [1.165, 1.54) is 19.3 Å². The summed E-state index contributed by atoms with van der Waals surface area (Å²) in [7, 11) is 0. The highest BCUT2D eigenvalue weighted by atomic mass is 35.5. The Kier molecular flexibility index (Phi) is 3.48. The van der Waals surface area contributed by atoms with E-state index >= 15 is 0 Å². The van der Waals surface area contributed by atoms with Gasteiger partial charge in [-0.1, -0.05) is 42.6 Å². The Morgan fingerprint density at radius 2 is 2.11 bits per heavy atom. The van der Waals surface area contributed by atoms with Crippen molar-refractivity contribution in [2.75, 3.05) is 6.61 Å². The largest absolute Gasteiger partial charge is 0.377 e. The fourth-order valence-corrected chi connectivity index (χ4v) is 2.28. The first kappa shape index (κ1) is 11.9. The van der Waals surface area contributed by atoms with Crippen LogP contribution in [0.2, 0.25) is 5.15 Å². The second kappa shape index (κ2) is 5.25. The molecule has 0 bridgehead atoms. The van der Waals surface area contributed by atoms with E-state index in [9.17, 15) is 0 Å². The molecule has 2 nitrogen and oxygen atoms in total. The molecule has 94 valence electrons. The molecule has 0 aliphatic heterocycles. The van der Waals surface area contributed by atoms with Gasteiger partial charge in [0.2, 0.25) is 0 Å². The van der Waals surface area contributed by atoms with Gasteiger partial charge in [-0.2, -0.15) is 0 Å². The zero-order valence-electron chi connectivity index (χ0n) is 10.2. The number of aromatic nitrogens is 1. The topological polar surface area (TPSA) is 22.1 Å². The monoisotopic (exact) mass is 261 g/mol. The fraction of sp³-hybridized carbons (Fsp3) is 0.400. The maximum atomic E-state index is 6.17. The number of hydrogen-bond acceptors (Lipinski definition) is 2. The maximum absolute atomic E-state index is 6.17. The Balaban J connectivity index is 1.68. The molecule has 0 saturated heterocycles. The van der Waals surface area contributed by atoms with Crippen LogP contribution in [0, 0.1) is 5.92 Å². The van der Waals surface area contributed by atoms with Crippen molar-refractivity contribution in [3.63, 3.8) is 0 Å². The van der Waals surface area contributed by atoms with Gasteiger partial charge in [0.1, 0.15) is 5.15 Å². The number of fused-ring (bicyclic) bond motifs is 1. The summed E-state index contributed by atoms with van der Waals surface area (Å²) in [4.78, 5) is 4.39. The molecule has 0 atom stereocenters. The van der Waals surface area contributed by atoms with E-state index in [0.717, 1.165) is 29.0 Å². The number of pyridine rings is 1. The quantitative estimate of drug-likeness (QED) is 0.594. The molecule has 0 amide bonds. The zero-order valence-corrected chi connectivity index (χ0v) is 11.0. The van der Waals surface area contributed by atoms with Crippen LogP contribution in [0.5, 0.6) is 0 Å². The van der Waals surface area contributed by atoms with Gasteiger partial charge in [-0.15, -0.1) is 0 Å². The number of para-hydroxylation sites is 1. The van der Waals surface area contributed by atoms with Crippen LogP contribution in [0.4, 0.5) is 0 Å². The van der Waals surface area contributed by atoms with Crippen molar-refractivity contribution in [2.45, 2.75) is 25.9 Å². The summed E-state index contributed by atoms with van der Waals surface area (Å²) in [5.74, 6) is 0.912. The molecule has 1 aromatic heterocycles. The van der Waals surface area contributed by atoms with Gasteiger partial charge in [-0.3, -0.25) is 0 Å². The Morgan fingerprint density at radius 1 is 1.28 bits per heavy atom.